The summed E-state index contributed by atoms with van der Waals surface area (Å²) in [6.45, 7) is 0.582. The highest BCUT2D eigenvalue weighted by Crippen LogP contribution is 1.80. The molecular weight excluding hydrogens is 280 g/mol. The summed E-state index contributed by atoms with van der Waals surface area (Å²) in [4.78, 5) is 51.4. The fourth-order valence-corrected chi connectivity index (χ4v) is 1.35. The van der Waals surface area contributed by atoms with Gasteiger partial charge < -0.3 is 21.0 Å². The molecule has 0 fully saturated rings. The minimum atomic E-state index is -0.512. The fraction of sp³-hybridized carbons (Fsp3) is 0.273. The van der Waals surface area contributed by atoms with E-state index in [1.165, 1.54) is 12.4 Å². The van der Waals surface area contributed by atoms with Gasteiger partial charge >= 0.3 is 11.4 Å². The Morgan fingerprint density at radius 2 is 1.43 bits per heavy atom. The number of aromatic amines is 4. The molecule has 114 valence electrons. The summed E-state index contributed by atoms with van der Waals surface area (Å²) >= 11 is 0. The topological polar surface area (TPSA) is 169 Å². The van der Waals surface area contributed by atoms with Crippen LogP contribution in [-0.4, -0.2) is 27.0 Å². The molecule has 0 amide bonds. The van der Waals surface area contributed by atoms with E-state index in [2.05, 4.69) is 20.3 Å². The van der Waals surface area contributed by atoms with E-state index >= 15 is 0 Å². The van der Waals surface area contributed by atoms with Crippen molar-refractivity contribution in [1.29, 1.82) is 0 Å². The normalized spacial score (nSPS) is 9.81. The summed E-state index contributed by atoms with van der Waals surface area (Å²) in [7, 11) is 1.73. The van der Waals surface area contributed by atoms with Gasteiger partial charge in [0.2, 0.25) is 0 Å². The Bertz CT molecular complexity index is 799. The monoisotopic (exact) mass is 296 g/mol. The van der Waals surface area contributed by atoms with Crippen molar-refractivity contribution >= 4 is 0 Å². The second-order valence-corrected chi connectivity index (χ2v) is 3.93. The third-order valence-electron chi connectivity index (χ3n) is 2.38. The molecule has 0 aliphatic heterocycles. The van der Waals surface area contributed by atoms with Crippen molar-refractivity contribution in [2.75, 3.05) is 7.05 Å². The van der Waals surface area contributed by atoms with Crippen LogP contribution < -0.4 is 33.5 Å². The zero-order valence-corrected chi connectivity index (χ0v) is 11.3. The molecule has 2 heterocycles. The minimum Gasteiger partial charge on any atom is -0.326 e. The average Bonchev–Trinajstić information content (AvgIpc) is 2.43. The van der Waals surface area contributed by atoms with Gasteiger partial charge in [0, 0.05) is 36.6 Å². The van der Waals surface area contributed by atoms with Gasteiger partial charge in [0.25, 0.3) is 11.1 Å². The van der Waals surface area contributed by atoms with Crippen LogP contribution in [0.15, 0.2) is 31.6 Å². The van der Waals surface area contributed by atoms with Gasteiger partial charge in [-0.05, 0) is 7.05 Å². The van der Waals surface area contributed by atoms with Crippen molar-refractivity contribution in [2.45, 2.75) is 13.1 Å². The van der Waals surface area contributed by atoms with Gasteiger partial charge in [-0.15, -0.1) is 0 Å². The summed E-state index contributed by atoms with van der Waals surface area (Å²) in [5.41, 5.74) is 4.30. The summed E-state index contributed by atoms with van der Waals surface area (Å²) in [6, 6.07) is 0. The lowest BCUT2D eigenvalue weighted by atomic mass is 10.3. The second kappa shape index (κ2) is 7.77. The molecular formula is C11H16N6O4. The Morgan fingerprint density at radius 1 is 0.952 bits per heavy atom. The van der Waals surface area contributed by atoms with Crippen LogP contribution in [-0.2, 0) is 13.1 Å². The van der Waals surface area contributed by atoms with E-state index in [1.54, 1.807) is 7.05 Å². The molecule has 0 bridgehead atoms. The molecule has 21 heavy (non-hydrogen) atoms. The van der Waals surface area contributed by atoms with Crippen LogP contribution in [0.3, 0.4) is 0 Å². The van der Waals surface area contributed by atoms with Crippen LogP contribution in [0.1, 0.15) is 11.1 Å². The number of nitrogens with two attached hydrogens (primary N) is 1. The lowest BCUT2D eigenvalue weighted by molar-refractivity contribution is 0.791. The standard InChI is InChI=1S/C6H9N3O2.C5H7N3O2/c1-7-2-4-3-8-6(11)9-5(4)10;6-1-3-2-7-5(10)8-4(3)9/h3,7H,2H2,1H3,(H2,8,9,10,11);2H,1,6H2,(H2,7,8,9,10). The smallest absolute Gasteiger partial charge is 0.325 e. The van der Waals surface area contributed by atoms with Crippen molar-refractivity contribution in [2.24, 2.45) is 5.73 Å². The van der Waals surface area contributed by atoms with E-state index in [4.69, 9.17) is 5.73 Å². The van der Waals surface area contributed by atoms with Crippen molar-refractivity contribution in [3.63, 3.8) is 0 Å². The van der Waals surface area contributed by atoms with Gasteiger partial charge in [0.1, 0.15) is 0 Å². The van der Waals surface area contributed by atoms with Crippen molar-refractivity contribution in [3.05, 3.63) is 65.2 Å². The molecule has 0 radical (unpaired) electrons. The maximum Gasteiger partial charge on any atom is 0.325 e. The highest BCUT2D eigenvalue weighted by atomic mass is 16.2. The quantitative estimate of drug-likeness (QED) is 0.360. The lowest BCUT2D eigenvalue weighted by Crippen LogP contribution is -2.26. The largest absolute Gasteiger partial charge is 0.326 e. The molecule has 0 saturated heterocycles. The molecule has 2 rings (SSSR count). The van der Waals surface area contributed by atoms with Gasteiger partial charge in [-0.25, -0.2) is 9.59 Å². The summed E-state index contributed by atoms with van der Waals surface area (Å²) < 4.78 is 0. The summed E-state index contributed by atoms with van der Waals surface area (Å²) in [5, 5.41) is 2.80. The molecule has 0 spiro atoms. The van der Waals surface area contributed by atoms with Crippen LogP contribution in [0.25, 0.3) is 0 Å². The third kappa shape index (κ3) is 5.04. The Labute approximate surface area is 117 Å². The van der Waals surface area contributed by atoms with Crippen LogP contribution in [0.5, 0.6) is 0 Å². The lowest BCUT2D eigenvalue weighted by Gasteiger charge is -1.95. The zero-order chi connectivity index (χ0) is 15.8. The molecule has 10 nitrogen and oxygen atoms in total. The average molecular weight is 296 g/mol. The van der Waals surface area contributed by atoms with E-state index in [9.17, 15) is 19.2 Å². The third-order valence-corrected chi connectivity index (χ3v) is 2.38. The number of rotatable bonds is 3. The number of nitrogens with one attached hydrogen (secondary N) is 5. The molecule has 0 atom stereocenters. The summed E-state index contributed by atoms with van der Waals surface area (Å²) in [5.74, 6) is 0. The number of hydrogen-bond acceptors (Lipinski definition) is 6. The molecule has 0 aliphatic carbocycles. The van der Waals surface area contributed by atoms with Gasteiger partial charge in [-0.2, -0.15) is 0 Å². The van der Waals surface area contributed by atoms with Crippen LogP contribution >= 0.6 is 0 Å². The van der Waals surface area contributed by atoms with Crippen LogP contribution in [0, 0.1) is 0 Å². The second-order valence-electron chi connectivity index (χ2n) is 3.93. The Balaban J connectivity index is 0.000000211. The van der Waals surface area contributed by atoms with Crippen molar-refractivity contribution in [1.82, 2.24) is 25.3 Å². The van der Waals surface area contributed by atoms with Gasteiger partial charge in [0.15, 0.2) is 0 Å². The van der Waals surface area contributed by atoms with Gasteiger partial charge in [0.05, 0.1) is 0 Å². The molecule has 0 aliphatic rings. The first-order chi connectivity index (χ1) is 9.97. The minimum absolute atomic E-state index is 0.131. The Kier molecular flexibility index (Phi) is 6.04. The highest BCUT2D eigenvalue weighted by molar-refractivity contribution is 5.02. The molecule has 2 aromatic rings. The van der Waals surface area contributed by atoms with Crippen molar-refractivity contribution in [3.8, 4) is 0 Å². The number of aromatic nitrogens is 4. The van der Waals surface area contributed by atoms with E-state index in [1.807, 2.05) is 4.98 Å². The van der Waals surface area contributed by atoms with Crippen LogP contribution in [0.4, 0.5) is 0 Å². The van der Waals surface area contributed by atoms with Gasteiger partial charge in [-0.3, -0.25) is 19.6 Å². The number of H-pyrrole nitrogens is 4. The molecule has 0 saturated carbocycles. The van der Waals surface area contributed by atoms with Gasteiger partial charge in [-0.1, -0.05) is 0 Å². The summed E-state index contributed by atoms with van der Waals surface area (Å²) in [6.07, 6.45) is 2.71. The SMILES string of the molecule is CNCc1c[nH]c(=O)[nH]c1=O.NCc1c[nH]c(=O)[nH]c1=O. The molecule has 10 heteroatoms. The first kappa shape index (κ1) is 16.3. The first-order valence-electron chi connectivity index (χ1n) is 5.94. The van der Waals surface area contributed by atoms with E-state index in [0.29, 0.717) is 17.7 Å². The first-order valence-corrected chi connectivity index (χ1v) is 5.94. The van der Waals surface area contributed by atoms with E-state index in [-0.39, 0.29) is 12.1 Å². The van der Waals surface area contributed by atoms with E-state index in [0.717, 1.165) is 0 Å². The van der Waals surface area contributed by atoms with E-state index < -0.39 is 16.9 Å². The Morgan fingerprint density at radius 3 is 1.81 bits per heavy atom. The maximum absolute atomic E-state index is 10.9. The highest BCUT2D eigenvalue weighted by Gasteiger charge is 1.96. The number of hydrogen-bond donors (Lipinski definition) is 6. The van der Waals surface area contributed by atoms with Crippen molar-refractivity contribution < 1.29 is 0 Å². The zero-order valence-electron chi connectivity index (χ0n) is 11.3. The predicted octanol–water partition coefficient (Wildman–Crippen LogP) is -2.70. The molecule has 0 unspecified atom stereocenters. The predicted molar refractivity (Wildman–Crippen MR) is 76.0 cm³/mol. The molecule has 7 N–H and O–H groups in total. The maximum atomic E-state index is 10.9. The van der Waals surface area contributed by atoms with Crippen LogP contribution in [0.2, 0.25) is 0 Å². The molecule has 2 aromatic heterocycles. The fourth-order valence-electron chi connectivity index (χ4n) is 1.35. The Hall–Kier alpha value is -2.72. The molecule has 0 aromatic carbocycles.